The zero-order valence-corrected chi connectivity index (χ0v) is 12.2. The Kier molecular flexibility index (Phi) is 5.89. The number of halogens is 1. The fourth-order valence-corrected chi connectivity index (χ4v) is 1.86. The van der Waals surface area contributed by atoms with Crippen LogP contribution in [-0.2, 0) is 14.3 Å². The lowest BCUT2D eigenvalue weighted by Crippen LogP contribution is -2.50. The Bertz CT molecular complexity index is 453. The monoisotopic (exact) mass is 348 g/mol. The topological polar surface area (TPSA) is 123 Å². The number of hydrogen-bond donors (Lipinski definition) is 1. The Morgan fingerprint density at radius 3 is 2.55 bits per heavy atom. The number of imide groups is 1. The maximum absolute atomic E-state index is 12.1. The first-order chi connectivity index (χ1) is 9.47. The summed E-state index contributed by atoms with van der Waals surface area (Å²) in [5, 5.41) is 13.2. The molecule has 1 atom stereocenters. The van der Waals surface area contributed by atoms with Crippen molar-refractivity contribution in [3.63, 3.8) is 0 Å². The van der Waals surface area contributed by atoms with Gasteiger partial charge in [0.1, 0.15) is 0 Å². The fourth-order valence-electron chi connectivity index (χ4n) is 1.72. The van der Waals surface area contributed by atoms with Gasteiger partial charge in [0.25, 0.3) is 0 Å². The van der Waals surface area contributed by atoms with Gasteiger partial charge in [0, 0.05) is 26.1 Å². The largest absolute Gasteiger partial charge is 0.423 e. The van der Waals surface area contributed by atoms with Crippen molar-refractivity contribution in [2.45, 2.75) is 12.2 Å². The van der Waals surface area contributed by atoms with Crippen LogP contribution >= 0.6 is 15.9 Å². The molecule has 1 aliphatic rings. The molecule has 0 radical (unpaired) electrons. The highest BCUT2D eigenvalue weighted by Crippen LogP contribution is 2.29. The third-order valence-corrected chi connectivity index (χ3v) is 3.15. The molecule has 0 saturated carbocycles. The van der Waals surface area contributed by atoms with E-state index in [0.717, 1.165) is 12.4 Å². The van der Waals surface area contributed by atoms with Gasteiger partial charge in [-0.25, -0.2) is 0 Å². The number of hydrogen-bond acceptors (Lipinski definition) is 7. The molecule has 0 aromatic heterocycles. The second-order valence-corrected chi connectivity index (χ2v) is 4.44. The number of methoxy groups -OCH3 is 1. The number of carbonyl (C=O) groups excluding carboxylic acids is 2. The van der Waals surface area contributed by atoms with Gasteiger partial charge in [0.2, 0.25) is 11.8 Å². The van der Waals surface area contributed by atoms with E-state index in [1.165, 1.54) is 7.11 Å². The van der Waals surface area contributed by atoms with Crippen LogP contribution in [0, 0.1) is 16.0 Å². The molecule has 1 N–H and O–H groups in total. The van der Waals surface area contributed by atoms with Gasteiger partial charge in [-0.2, -0.15) is 9.98 Å². The predicted molar refractivity (Wildman–Crippen MR) is 73.6 cm³/mol. The third kappa shape index (κ3) is 3.45. The first-order valence-electron chi connectivity index (χ1n) is 5.60. The van der Waals surface area contributed by atoms with Crippen molar-refractivity contribution in [1.82, 2.24) is 5.32 Å². The van der Waals surface area contributed by atoms with E-state index in [9.17, 15) is 19.7 Å². The number of nitrogens with zero attached hydrogens (tertiary/aromatic N) is 3. The van der Waals surface area contributed by atoms with Crippen LogP contribution in [0.3, 0.4) is 0 Å². The van der Waals surface area contributed by atoms with Crippen LogP contribution in [0.2, 0.25) is 0 Å². The van der Waals surface area contributed by atoms with Crippen LogP contribution in [0.4, 0.5) is 0 Å². The Hall–Kier alpha value is -1.68. The standard InChI is InChI=1S/C10H13BrN4O5/c1-20-5-2-7(9(17)14-8(16)6-11)10(15(18)19)12-3-4-13-10/h3-4,7H,2,5-6H2,1H3,(H,14,16,17). The summed E-state index contributed by atoms with van der Waals surface area (Å²) in [6.45, 7) is 0.0984. The average Bonchev–Trinajstić information content (AvgIpc) is 2.89. The van der Waals surface area contributed by atoms with Crippen LogP contribution in [0.25, 0.3) is 0 Å². The molecule has 0 aromatic carbocycles. The molecule has 110 valence electrons. The summed E-state index contributed by atoms with van der Waals surface area (Å²) in [6, 6.07) is 0. The lowest BCUT2D eigenvalue weighted by atomic mass is 9.96. The summed E-state index contributed by atoms with van der Waals surface area (Å²) in [7, 11) is 1.40. The average molecular weight is 349 g/mol. The molecule has 0 spiro atoms. The van der Waals surface area contributed by atoms with Gasteiger partial charge >= 0.3 is 5.79 Å². The first-order valence-corrected chi connectivity index (χ1v) is 6.72. The molecule has 9 nitrogen and oxygen atoms in total. The van der Waals surface area contributed by atoms with E-state index in [-0.39, 0.29) is 18.4 Å². The molecule has 20 heavy (non-hydrogen) atoms. The third-order valence-electron chi connectivity index (χ3n) is 2.64. The second-order valence-electron chi connectivity index (χ2n) is 3.88. The van der Waals surface area contributed by atoms with Crippen LogP contribution < -0.4 is 5.32 Å². The molecule has 0 fully saturated rings. The summed E-state index contributed by atoms with van der Waals surface area (Å²) >= 11 is 2.89. The number of nitro groups is 1. The van der Waals surface area contributed by atoms with Crippen LogP contribution in [0.15, 0.2) is 9.98 Å². The van der Waals surface area contributed by atoms with E-state index in [2.05, 4.69) is 31.2 Å². The van der Waals surface area contributed by atoms with E-state index >= 15 is 0 Å². The van der Waals surface area contributed by atoms with Crippen LogP contribution in [0.5, 0.6) is 0 Å². The molecule has 0 aromatic rings. The number of amides is 2. The van der Waals surface area contributed by atoms with E-state index in [1.54, 1.807) is 0 Å². The molecule has 0 saturated heterocycles. The molecule has 0 aliphatic carbocycles. The maximum atomic E-state index is 12.1. The van der Waals surface area contributed by atoms with Crippen molar-refractivity contribution in [1.29, 1.82) is 0 Å². The van der Waals surface area contributed by atoms with Crippen LogP contribution in [0.1, 0.15) is 6.42 Å². The summed E-state index contributed by atoms with van der Waals surface area (Å²) in [4.78, 5) is 41.2. The number of rotatable bonds is 7. The Labute approximate surface area is 122 Å². The highest BCUT2D eigenvalue weighted by atomic mass is 79.9. The Balaban J connectivity index is 3.01. The van der Waals surface area contributed by atoms with Gasteiger partial charge in [-0.05, 0) is 6.42 Å². The van der Waals surface area contributed by atoms with Crippen LogP contribution in [-0.4, -0.2) is 54.0 Å². The van der Waals surface area contributed by atoms with Gasteiger partial charge in [-0.1, -0.05) is 15.9 Å². The van der Waals surface area contributed by atoms with Crippen molar-refractivity contribution < 1.29 is 19.2 Å². The lowest BCUT2D eigenvalue weighted by Gasteiger charge is -2.23. The molecule has 2 amide bonds. The summed E-state index contributed by atoms with van der Waals surface area (Å²) < 4.78 is 4.84. The SMILES string of the molecule is COCCC(C(=O)NC(=O)CBr)C1([N+](=O)[O-])N=CC=N1. The van der Waals surface area contributed by atoms with E-state index in [4.69, 9.17) is 4.74 Å². The van der Waals surface area contributed by atoms with Gasteiger partial charge < -0.3 is 4.74 Å². The van der Waals surface area contributed by atoms with Gasteiger partial charge in [0.05, 0.1) is 10.3 Å². The zero-order valence-electron chi connectivity index (χ0n) is 10.6. The molecular formula is C10H13BrN4O5. The van der Waals surface area contributed by atoms with Crippen molar-refractivity contribution >= 4 is 40.2 Å². The zero-order chi connectivity index (χ0) is 15.2. The fraction of sp³-hybridized carbons (Fsp3) is 0.600. The molecule has 1 heterocycles. The van der Waals surface area contributed by atoms with Crippen molar-refractivity contribution in [3.05, 3.63) is 10.1 Å². The molecular weight excluding hydrogens is 336 g/mol. The van der Waals surface area contributed by atoms with Gasteiger partial charge in [0.15, 0.2) is 5.92 Å². The second kappa shape index (κ2) is 7.20. The van der Waals surface area contributed by atoms with E-state index in [1.807, 2.05) is 0 Å². The van der Waals surface area contributed by atoms with Crippen molar-refractivity contribution in [2.24, 2.45) is 15.9 Å². The van der Waals surface area contributed by atoms with Gasteiger partial charge in [-0.3, -0.25) is 25.0 Å². The highest BCUT2D eigenvalue weighted by molar-refractivity contribution is 9.09. The number of ether oxygens (including phenoxy) is 1. The number of aliphatic imine (C=N–C) groups is 2. The predicted octanol–water partition coefficient (Wildman–Crippen LogP) is -0.238. The molecule has 1 unspecified atom stereocenters. The first kappa shape index (κ1) is 16.4. The number of nitrogens with one attached hydrogen (secondary N) is 1. The quantitative estimate of drug-likeness (QED) is 0.386. The smallest absolute Gasteiger partial charge is 0.385 e. The Morgan fingerprint density at radius 1 is 1.50 bits per heavy atom. The van der Waals surface area contributed by atoms with E-state index < -0.39 is 28.4 Å². The summed E-state index contributed by atoms with van der Waals surface area (Å²) in [5.41, 5.74) is 0. The normalized spacial score (nSPS) is 16.9. The minimum absolute atomic E-state index is 0.00750. The number of carbonyl (C=O) groups is 2. The van der Waals surface area contributed by atoms with E-state index in [0.29, 0.717) is 0 Å². The molecule has 10 heteroatoms. The Morgan fingerprint density at radius 2 is 2.10 bits per heavy atom. The number of alkyl halides is 1. The molecule has 1 aliphatic heterocycles. The van der Waals surface area contributed by atoms with Gasteiger partial charge in [-0.15, -0.1) is 0 Å². The highest BCUT2D eigenvalue weighted by Gasteiger charge is 2.55. The minimum Gasteiger partial charge on any atom is -0.385 e. The molecule has 1 rings (SSSR count). The maximum Gasteiger partial charge on any atom is 0.423 e. The minimum atomic E-state index is -2.13. The summed E-state index contributed by atoms with van der Waals surface area (Å²) in [6.07, 6.45) is 2.32. The molecule has 0 bridgehead atoms. The van der Waals surface area contributed by atoms with Crippen molar-refractivity contribution in [3.8, 4) is 0 Å². The lowest BCUT2D eigenvalue weighted by molar-refractivity contribution is -0.573. The van der Waals surface area contributed by atoms with Crippen molar-refractivity contribution in [2.75, 3.05) is 19.0 Å². The summed E-state index contributed by atoms with van der Waals surface area (Å²) in [5.74, 6) is -4.77.